The number of allylic oxidation sites excluding steroid dienone is 3. The van der Waals surface area contributed by atoms with Gasteiger partial charge in [-0.3, -0.25) is 0 Å². The molecule has 1 aromatic rings. The van der Waals surface area contributed by atoms with Gasteiger partial charge in [0, 0.05) is 11.1 Å². The molecule has 1 aliphatic carbocycles. The van der Waals surface area contributed by atoms with Crippen molar-refractivity contribution >= 4 is 33.0 Å². The molecule has 0 spiro atoms. The van der Waals surface area contributed by atoms with E-state index in [1.807, 2.05) is 13.0 Å². The first-order chi connectivity index (χ1) is 13.6. The minimum Gasteiger partial charge on any atom is -0.492 e. The first-order valence-electron chi connectivity index (χ1n) is 10.3. The van der Waals surface area contributed by atoms with Gasteiger partial charge < -0.3 is 9.47 Å². The normalized spacial score (nSPS) is 16.1. The highest BCUT2D eigenvalue weighted by Crippen LogP contribution is 2.50. The summed E-state index contributed by atoms with van der Waals surface area (Å²) in [4.78, 5) is 12.0. The van der Waals surface area contributed by atoms with Gasteiger partial charge in [0.2, 0.25) is 5.83 Å². The van der Waals surface area contributed by atoms with Crippen molar-refractivity contribution in [3.63, 3.8) is 0 Å². The van der Waals surface area contributed by atoms with Gasteiger partial charge in [-0.25, -0.2) is 4.79 Å². The Morgan fingerprint density at radius 1 is 1.31 bits per heavy atom. The lowest BCUT2D eigenvalue weighted by Crippen LogP contribution is -2.24. The summed E-state index contributed by atoms with van der Waals surface area (Å²) in [6.45, 7) is 14.6. The maximum Gasteiger partial charge on any atom is 0.367 e. The minimum atomic E-state index is -0.944. The number of fused-ring (bicyclic) bond motifs is 1. The van der Waals surface area contributed by atoms with Crippen LogP contribution in [0.4, 0.5) is 4.39 Å². The van der Waals surface area contributed by atoms with E-state index in [1.54, 1.807) is 13.8 Å². The summed E-state index contributed by atoms with van der Waals surface area (Å²) in [5.41, 5.74) is 4.20. The Morgan fingerprint density at radius 3 is 2.52 bits per heavy atom. The SMILES string of the molecule is CCCOc1c(C(C)=C(F)C(=O)OCC)cc2c(c1Br)C(C)(C)CC=C2C(C)C. The van der Waals surface area contributed by atoms with Crippen molar-refractivity contribution in [1.29, 1.82) is 0 Å². The Balaban J connectivity index is 2.82. The maximum atomic E-state index is 14.9. The van der Waals surface area contributed by atoms with Gasteiger partial charge in [0.1, 0.15) is 5.75 Å². The Bertz CT molecular complexity index is 850. The van der Waals surface area contributed by atoms with Gasteiger partial charge in [-0.2, -0.15) is 4.39 Å². The van der Waals surface area contributed by atoms with Crippen molar-refractivity contribution < 1.29 is 18.7 Å². The van der Waals surface area contributed by atoms with Crippen molar-refractivity contribution in [3.05, 3.63) is 39.1 Å². The molecule has 5 heteroatoms. The van der Waals surface area contributed by atoms with E-state index in [4.69, 9.17) is 9.47 Å². The molecule has 0 bridgehead atoms. The highest BCUT2D eigenvalue weighted by molar-refractivity contribution is 9.10. The molecule has 0 aromatic heterocycles. The van der Waals surface area contributed by atoms with Crippen molar-refractivity contribution in [2.24, 2.45) is 5.92 Å². The van der Waals surface area contributed by atoms with Crippen molar-refractivity contribution in [3.8, 4) is 5.75 Å². The van der Waals surface area contributed by atoms with Crippen LogP contribution in [0.25, 0.3) is 11.1 Å². The fourth-order valence-corrected chi connectivity index (χ4v) is 4.81. The number of carbonyl (C=O) groups excluding carboxylic acids is 1. The average molecular weight is 467 g/mol. The van der Waals surface area contributed by atoms with Crippen LogP contribution >= 0.6 is 15.9 Å². The van der Waals surface area contributed by atoms with E-state index in [9.17, 15) is 9.18 Å². The number of halogens is 2. The molecule has 0 amide bonds. The summed E-state index contributed by atoms with van der Waals surface area (Å²) >= 11 is 3.77. The minimum absolute atomic E-state index is 0.0906. The number of esters is 1. The lowest BCUT2D eigenvalue weighted by atomic mass is 9.70. The zero-order valence-electron chi connectivity index (χ0n) is 18.5. The molecule has 0 N–H and O–H groups in total. The molecular weight excluding hydrogens is 435 g/mol. The lowest BCUT2D eigenvalue weighted by molar-refractivity contribution is -0.140. The van der Waals surface area contributed by atoms with Crippen LogP contribution in [0.15, 0.2) is 22.4 Å². The van der Waals surface area contributed by atoms with E-state index in [-0.39, 0.29) is 17.6 Å². The topological polar surface area (TPSA) is 35.5 Å². The molecule has 1 aliphatic rings. The standard InChI is InChI=1S/C24H32BrFO3/c1-8-12-29-22-17(15(5)21(26)23(27)28-9-2)13-18-16(14(3)4)10-11-24(6,7)19(18)20(22)25/h10,13-14H,8-9,11-12H2,1-7H3. The molecule has 3 nitrogen and oxygen atoms in total. The smallest absolute Gasteiger partial charge is 0.367 e. The number of ether oxygens (including phenoxy) is 2. The van der Waals surface area contributed by atoms with Crippen LogP contribution in [0, 0.1) is 5.92 Å². The third kappa shape index (κ3) is 4.76. The summed E-state index contributed by atoms with van der Waals surface area (Å²) < 4.78 is 26.6. The van der Waals surface area contributed by atoms with E-state index >= 15 is 0 Å². The fourth-order valence-electron chi connectivity index (χ4n) is 3.73. The molecule has 0 saturated carbocycles. The molecule has 0 radical (unpaired) electrons. The van der Waals surface area contributed by atoms with Crippen molar-refractivity contribution in [1.82, 2.24) is 0 Å². The van der Waals surface area contributed by atoms with Crippen LogP contribution in [0.3, 0.4) is 0 Å². The molecule has 1 aromatic carbocycles. The van der Waals surface area contributed by atoms with Crippen LogP contribution in [0.1, 0.15) is 78.0 Å². The van der Waals surface area contributed by atoms with Gasteiger partial charge in [-0.15, -0.1) is 0 Å². The Morgan fingerprint density at radius 2 is 1.97 bits per heavy atom. The number of hydrogen-bond donors (Lipinski definition) is 0. The summed E-state index contributed by atoms with van der Waals surface area (Å²) in [6.07, 6.45) is 4.02. The average Bonchev–Trinajstić information content (AvgIpc) is 2.65. The largest absolute Gasteiger partial charge is 0.492 e. The van der Waals surface area contributed by atoms with E-state index in [2.05, 4.69) is 49.7 Å². The highest BCUT2D eigenvalue weighted by Gasteiger charge is 2.34. The molecule has 0 atom stereocenters. The first kappa shape index (κ1) is 23.7. The van der Waals surface area contributed by atoms with E-state index in [0.717, 1.165) is 22.9 Å². The Labute approximate surface area is 182 Å². The van der Waals surface area contributed by atoms with Gasteiger partial charge in [0.15, 0.2) is 0 Å². The molecule has 0 unspecified atom stereocenters. The summed E-state index contributed by atoms with van der Waals surface area (Å²) in [7, 11) is 0. The Hall–Kier alpha value is -1.62. The van der Waals surface area contributed by atoms with Gasteiger partial charge in [0.25, 0.3) is 0 Å². The van der Waals surface area contributed by atoms with Gasteiger partial charge in [-0.05, 0) is 76.7 Å². The second kappa shape index (κ2) is 9.46. The summed E-state index contributed by atoms with van der Waals surface area (Å²) in [5, 5.41) is 0. The van der Waals surface area contributed by atoms with Crippen LogP contribution in [0.5, 0.6) is 5.75 Å². The molecule has 29 heavy (non-hydrogen) atoms. The monoisotopic (exact) mass is 466 g/mol. The number of carbonyl (C=O) groups is 1. The number of rotatable bonds is 7. The predicted molar refractivity (Wildman–Crippen MR) is 121 cm³/mol. The zero-order valence-corrected chi connectivity index (χ0v) is 20.1. The second-order valence-corrected chi connectivity index (χ2v) is 9.19. The lowest BCUT2D eigenvalue weighted by Gasteiger charge is -2.36. The molecule has 0 fully saturated rings. The highest BCUT2D eigenvalue weighted by atomic mass is 79.9. The van der Waals surface area contributed by atoms with Gasteiger partial charge >= 0.3 is 5.97 Å². The van der Waals surface area contributed by atoms with E-state index in [0.29, 0.717) is 23.8 Å². The second-order valence-electron chi connectivity index (χ2n) is 8.40. The third-order valence-electron chi connectivity index (χ3n) is 5.30. The van der Waals surface area contributed by atoms with Crippen LogP contribution in [0.2, 0.25) is 0 Å². The maximum absolute atomic E-state index is 14.9. The van der Waals surface area contributed by atoms with Gasteiger partial charge in [-0.1, -0.05) is 40.7 Å². The third-order valence-corrected chi connectivity index (χ3v) is 6.06. The molecule has 0 heterocycles. The summed E-state index contributed by atoms with van der Waals surface area (Å²) in [6, 6.07) is 1.98. The molecule has 0 saturated heterocycles. The van der Waals surface area contributed by atoms with Crippen LogP contribution in [-0.2, 0) is 14.9 Å². The van der Waals surface area contributed by atoms with Crippen LogP contribution in [-0.4, -0.2) is 19.2 Å². The molecular formula is C24H32BrFO3. The molecule has 0 aliphatic heterocycles. The van der Waals surface area contributed by atoms with E-state index in [1.165, 1.54) is 11.1 Å². The van der Waals surface area contributed by atoms with Crippen LogP contribution < -0.4 is 4.74 Å². The predicted octanol–water partition coefficient (Wildman–Crippen LogP) is 7.22. The summed E-state index contributed by atoms with van der Waals surface area (Å²) in [5.74, 6) is -0.919. The first-order valence-corrected chi connectivity index (χ1v) is 11.1. The fraction of sp³-hybridized carbons (Fsp3) is 0.542. The zero-order chi connectivity index (χ0) is 21.9. The quantitative estimate of drug-likeness (QED) is 0.314. The van der Waals surface area contributed by atoms with E-state index < -0.39 is 11.8 Å². The van der Waals surface area contributed by atoms with Crippen molar-refractivity contribution in [2.75, 3.05) is 13.2 Å². The number of hydrogen-bond acceptors (Lipinski definition) is 3. The molecule has 160 valence electrons. The molecule has 2 rings (SSSR count). The number of benzene rings is 1. The van der Waals surface area contributed by atoms with Crippen molar-refractivity contribution in [2.45, 2.75) is 66.7 Å². The van der Waals surface area contributed by atoms with Gasteiger partial charge in [0.05, 0.1) is 17.7 Å². The Kier molecular flexibility index (Phi) is 7.72.